The summed E-state index contributed by atoms with van der Waals surface area (Å²) in [5, 5.41) is 3.06. The summed E-state index contributed by atoms with van der Waals surface area (Å²) in [5.41, 5.74) is 0.631. The van der Waals surface area contributed by atoms with E-state index in [-0.39, 0.29) is 18.2 Å². The summed E-state index contributed by atoms with van der Waals surface area (Å²) >= 11 is 0. The van der Waals surface area contributed by atoms with Gasteiger partial charge in [0.1, 0.15) is 0 Å². The van der Waals surface area contributed by atoms with E-state index < -0.39 is 6.04 Å². The van der Waals surface area contributed by atoms with Gasteiger partial charge in [0.15, 0.2) is 0 Å². The topological polar surface area (TPSA) is 58.6 Å². The van der Waals surface area contributed by atoms with Crippen LogP contribution in [0.15, 0.2) is 30.3 Å². The van der Waals surface area contributed by atoms with Crippen molar-refractivity contribution in [2.45, 2.75) is 19.4 Å². The quantitative estimate of drug-likeness (QED) is 0.612. The van der Waals surface area contributed by atoms with Crippen molar-refractivity contribution < 1.29 is 14.3 Å². The van der Waals surface area contributed by atoms with Gasteiger partial charge in [0, 0.05) is 13.2 Å². The second-order valence-electron chi connectivity index (χ2n) is 4.31. The molecule has 0 aliphatic carbocycles. The van der Waals surface area contributed by atoms with Crippen LogP contribution in [0, 0.1) is 0 Å². The Morgan fingerprint density at radius 1 is 1.32 bits per heavy atom. The first-order valence-corrected chi connectivity index (χ1v) is 6.47. The molecule has 0 saturated carbocycles. The molecule has 1 aromatic carbocycles. The molecule has 102 valence electrons. The molecule has 5 heteroatoms. The van der Waals surface area contributed by atoms with Gasteiger partial charge in [0.2, 0.25) is 5.91 Å². The molecule has 1 atom stereocenters. The van der Waals surface area contributed by atoms with E-state index in [4.69, 9.17) is 4.74 Å². The molecule has 1 aliphatic heterocycles. The lowest BCUT2D eigenvalue weighted by atomic mass is 10.2. The first kappa shape index (κ1) is 13.7. The second-order valence-corrected chi connectivity index (χ2v) is 4.31. The van der Waals surface area contributed by atoms with Crippen molar-refractivity contribution in [3.8, 4) is 0 Å². The van der Waals surface area contributed by atoms with Crippen LogP contribution in [0.5, 0.6) is 0 Å². The van der Waals surface area contributed by atoms with Gasteiger partial charge in [-0.1, -0.05) is 18.2 Å². The Balaban J connectivity index is 1.97. The van der Waals surface area contributed by atoms with Gasteiger partial charge >= 0.3 is 0 Å². The maximum atomic E-state index is 12.2. The molecule has 19 heavy (non-hydrogen) atoms. The van der Waals surface area contributed by atoms with Gasteiger partial charge in [-0.2, -0.15) is 0 Å². The van der Waals surface area contributed by atoms with Crippen molar-refractivity contribution in [3.63, 3.8) is 0 Å². The van der Waals surface area contributed by atoms with E-state index in [0.717, 1.165) is 0 Å². The SMILES string of the molecule is CCOCCNC1CC(=O)N(c2ccccc2)C1=O. The molecule has 1 unspecified atom stereocenters. The van der Waals surface area contributed by atoms with Crippen LogP contribution in [0.25, 0.3) is 0 Å². The zero-order chi connectivity index (χ0) is 13.7. The van der Waals surface area contributed by atoms with Crippen molar-refractivity contribution in [2.75, 3.05) is 24.7 Å². The fourth-order valence-corrected chi connectivity index (χ4v) is 2.09. The third-order valence-electron chi connectivity index (χ3n) is 3.00. The molecule has 1 N–H and O–H groups in total. The molecule has 5 nitrogen and oxygen atoms in total. The molecule has 0 radical (unpaired) electrons. The number of benzene rings is 1. The first-order valence-electron chi connectivity index (χ1n) is 6.47. The molecule has 0 aromatic heterocycles. The van der Waals surface area contributed by atoms with Gasteiger partial charge in [0.25, 0.3) is 5.91 Å². The standard InChI is InChI=1S/C14H18N2O3/c1-2-19-9-8-15-12-10-13(17)16(14(12)18)11-6-4-3-5-7-11/h3-7,12,15H,2,8-10H2,1H3. The first-order chi connectivity index (χ1) is 9.24. The lowest BCUT2D eigenvalue weighted by Crippen LogP contribution is -2.40. The summed E-state index contributed by atoms with van der Waals surface area (Å²) in [7, 11) is 0. The number of amides is 2. The number of anilines is 1. The van der Waals surface area contributed by atoms with E-state index in [2.05, 4.69) is 5.32 Å². The predicted octanol–water partition coefficient (Wildman–Crippen LogP) is 0.945. The summed E-state index contributed by atoms with van der Waals surface area (Å²) in [4.78, 5) is 25.3. The zero-order valence-corrected chi connectivity index (χ0v) is 11.0. The minimum Gasteiger partial charge on any atom is -0.380 e. The normalized spacial score (nSPS) is 19.2. The van der Waals surface area contributed by atoms with Gasteiger partial charge < -0.3 is 10.1 Å². The highest BCUT2D eigenvalue weighted by atomic mass is 16.5. The molecule has 1 heterocycles. The van der Waals surface area contributed by atoms with Crippen LogP contribution >= 0.6 is 0 Å². The summed E-state index contributed by atoms with van der Waals surface area (Å²) in [6.07, 6.45) is 0.208. The molecular weight excluding hydrogens is 244 g/mol. The largest absolute Gasteiger partial charge is 0.380 e. The van der Waals surface area contributed by atoms with E-state index in [0.29, 0.717) is 25.4 Å². The molecule has 0 bridgehead atoms. The zero-order valence-electron chi connectivity index (χ0n) is 11.0. The molecule has 2 rings (SSSR count). The maximum Gasteiger partial charge on any atom is 0.251 e. The van der Waals surface area contributed by atoms with E-state index >= 15 is 0 Å². The van der Waals surface area contributed by atoms with Crippen LogP contribution in [-0.4, -0.2) is 37.6 Å². The summed E-state index contributed by atoms with van der Waals surface area (Å²) in [6.45, 7) is 3.68. The van der Waals surface area contributed by atoms with Gasteiger partial charge in [0.05, 0.1) is 24.8 Å². The molecule has 2 amide bonds. The minimum absolute atomic E-state index is 0.162. The van der Waals surface area contributed by atoms with E-state index in [1.165, 1.54) is 4.90 Å². The van der Waals surface area contributed by atoms with E-state index in [1.807, 2.05) is 25.1 Å². The van der Waals surface area contributed by atoms with Crippen molar-refractivity contribution in [1.29, 1.82) is 0 Å². The van der Waals surface area contributed by atoms with Crippen molar-refractivity contribution in [2.24, 2.45) is 0 Å². The Morgan fingerprint density at radius 2 is 2.05 bits per heavy atom. The number of nitrogens with one attached hydrogen (secondary N) is 1. The number of carbonyl (C=O) groups excluding carboxylic acids is 2. The van der Waals surface area contributed by atoms with Crippen molar-refractivity contribution in [3.05, 3.63) is 30.3 Å². The van der Waals surface area contributed by atoms with Crippen LogP contribution in [0.2, 0.25) is 0 Å². The summed E-state index contributed by atoms with van der Waals surface area (Å²) in [5.74, 6) is -0.349. The van der Waals surface area contributed by atoms with Crippen LogP contribution < -0.4 is 10.2 Å². The average molecular weight is 262 g/mol. The van der Waals surface area contributed by atoms with E-state index in [1.54, 1.807) is 12.1 Å². The molecule has 1 aliphatic rings. The van der Waals surface area contributed by atoms with Crippen LogP contribution in [0.1, 0.15) is 13.3 Å². The molecular formula is C14H18N2O3. The minimum atomic E-state index is -0.437. The highest BCUT2D eigenvalue weighted by Crippen LogP contribution is 2.22. The second kappa shape index (κ2) is 6.45. The summed E-state index contributed by atoms with van der Waals surface area (Å²) in [6, 6.07) is 8.56. The lowest BCUT2D eigenvalue weighted by molar-refractivity contribution is -0.121. The van der Waals surface area contributed by atoms with Crippen LogP contribution in [0.3, 0.4) is 0 Å². The number of carbonyl (C=O) groups is 2. The Morgan fingerprint density at radius 3 is 2.74 bits per heavy atom. The lowest BCUT2D eigenvalue weighted by Gasteiger charge is -2.15. The highest BCUT2D eigenvalue weighted by Gasteiger charge is 2.38. The van der Waals surface area contributed by atoms with Gasteiger partial charge in [-0.05, 0) is 19.1 Å². The molecule has 1 fully saturated rings. The van der Waals surface area contributed by atoms with Gasteiger partial charge in [-0.15, -0.1) is 0 Å². The number of ether oxygens (including phenoxy) is 1. The van der Waals surface area contributed by atoms with Gasteiger partial charge in [-0.3, -0.25) is 9.59 Å². The summed E-state index contributed by atoms with van der Waals surface area (Å²) < 4.78 is 5.19. The average Bonchev–Trinajstić information content (AvgIpc) is 2.71. The molecule has 1 saturated heterocycles. The molecule has 1 aromatic rings. The van der Waals surface area contributed by atoms with Crippen LogP contribution in [-0.2, 0) is 14.3 Å². The third-order valence-corrected chi connectivity index (χ3v) is 3.00. The smallest absolute Gasteiger partial charge is 0.251 e. The Labute approximate surface area is 112 Å². The number of hydrogen-bond donors (Lipinski definition) is 1. The third kappa shape index (κ3) is 3.19. The fourth-order valence-electron chi connectivity index (χ4n) is 2.09. The number of rotatable bonds is 6. The van der Waals surface area contributed by atoms with Crippen LogP contribution in [0.4, 0.5) is 5.69 Å². The Kier molecular flexibility index (Phi) is 4.65. The Bertz CT molecular complexity index is 447. The monoisotopic (exact) mass is 262 g/mol. The Hall–Kier alpha value is -1.72. The highest BCUT2D eigenvalue weighted by molar-refractivity contribution is 6.22. The van der Waals surface area contributed by atoms with E-state index in [9.17, 15) is 9.59 Å². The number of imide groups is 1. The van der Waals surface area contributed by atoms with Gasteiger partial charge in [-0.25, -0.2) is 4.90 Å². The molecule has 0 spiro atoms. The number of hydrogen-bond acceptors (Lipinski definition) is 4. The predicted molar refractivity (Wildman–Crippen MR) is 71.8 cm³/mol. The van der Waals surface area contributed by atoms with Crippen molar-refractivity contribution >= 4 is 17.5 Å². The number of para-hydroxylation sites is 1. The maximum absolute atomic E-state index is 12.2. The fraction of sp³-hybridized carbons (Fsp3) is 0.429. The van der Waals surface area contributed by atoms with Crippen molar-refractivity contribution in [1.82, 2.24) is 5.32 Å². The number of nitrogens with zero attached hydrogens (tertiary/aromatic N) is 1.